The Morgan fingerprint density at radius 1 is 0.842 bits per heavy atom. The third-order valence-electron chi connectivity index (χ3n) is 7.72. The summed E-state index contributed by atoms with van der Waals surface area (Å²) in [5.74, 6) is 2.84. The number of ether oxygens (including phenoxy) is 1. The van der Waals surface area contributed by atoms with E-state index in [4.69, 9.17) is 4.74 Å². The predicted octanol–water partition coefficient (Wildman–Crippen LogP) is 4.80. The van der Waals surface area contributed by atoms with E-state index in [2.05, 4.69) is 13.8 Å². The highest BCUT2D eigenvalue weighted by Gasteiger charge is 2.57. The topological polar surface area (TPSA) is 9.23 Å². The third-order valence-corrected chi connectivity index (χ3v) is 7.72. The summed E-state index contributed by atoms with van der Waals surface area (Å²) in [6.07, 6.45) is 13.7. The number of fused-ring (bicyclic) bond motifs is 5. The van der Waals surface area contributed by atoms with Crippen LogP contribution < -0.4 is 0 Å². The van der Waals surface area contributed by atoms with E-state index in [0.29, 0.717) is 16.9 Å². The molecule has 19 heavy (non-hydrogen) atoms. The lowest BCUT2D eigenvalue weighted by molar-refractivity contribution is -0.196. The zero-order chi connectivity index (χ0) is 13.1. The molecule has 0 spiro atoms. The average molecular weight is 262 g/mol. The molecule has 1 saturated heterocycles. The first kappa shape index (κ1) is 12.7. The normalized spacial score (nSPS) is 57.2. The van der Waals surface area contributed by atoms with Crippen LogP contribution in [0.3, 0.4) is 0 Å². The van der Waals surface area contributed by atoms with Crippen LogP contribution in [-0.2, 0) is 4.74 Å². The van der Waals surface area contributed by atoms with Gasteiger partial charge in [-0.3, -0.25) is 0 Å². The number of hydrogen-bond acceptors (Lipinski definition) is 1. The van der Waals surface area contributed by atoms with E-state index in [1.54, 1.807) is 0 Å². The lowest BCUT2D eigenvalue weighted by Gasteiger charge is -2.59. The molecule has 0 aromatic heterocycles. The summed E-state index contributed by atoms with van der Waals surface area (Å²) in [4.78, 5) is 0. The van der Waals surface area contributed by atoms with Crippen molar-refractivity contribution in [2.75, 3.05) is 6.61 Å². The molecule has 6 atom stereocenters. The molecule has 0 radical (unpaired) electrons. The fourth-order valence-electron chi connectivity index (χ4n) is 6.58. The van der Waals surface area contributed by atoms with Gasteiger partial charge < -0.3 is 4.74 Å². The molecule has 3 aliphatic carbocycles. The highest BCUT2D eigenvalue weighted by molar-refractivity contribution is 5.06. The monoisotopic (exact) mass is 262 g/mol. The summed E-state index contributed by atoms with van der Waals surface area (Å²) in [7, 11) is 0. The van der Waals surface area contributed by atoms with E-state index >= 15 is 0 Å². The van der Waals surface area contributed by atoms with Gasteiger partial charge in [-0.15, -0.1) is 0 Å². The Kier molecular flexibility index (Phi) is 2.82. The van der Waals surface area contributed by atoms with Gasteiger partial charge in [0.2, 0.25) is 0 Å². The van der Waals surface area contributed by atoms with Crippen LogP contribution in [0.15, 0.2) is 0 Å². The maximum Gasteiger partial charge on any atom is 0.0631 e. The zero-order valence-electron chi connectivity index (χ0n) is 12.8. The summed E-state index contributed by atoms with van der Waals surface area (Å²) in [6, 6.07) is 0. The second-order valence-corrected chi connectivity index (χ2v) is 8.54. The quantitative estimate of drug-likeness (QED) is 0.609. The molecule has 1 heterocycles. The molecule has 108 valence electrons. The van der Waals surface area contributed by atoms with E-state index in [0.717, 1.165) is 24.4 Å². The molecule has 4 aliphatic rings. The SMILES string of the molecule is C[C@@]12CCC[C@H]1[C@@H]1COC3CCCC[C@]3(C)[C@H]1CC2. The third kappa shape index (κ3) is 1.69. The van der Waals surface area contributed by atoms with Gasteiger partial charge in [0.05, 0.1) is 12.7 Å². The number of rotatable bonds is 0. The standard InChI is InChI=1S/C18H30O/c1-17-9-5-6-14(17)13-12-19-16-7-3-4-10-18(16,2)15(13)8-11-17/h13-16H,3-12H2,1-2H3/t13-,14-,15-,16?,17-,18+/m0/s1. The van der Waals surface area contributed by atoms with Gasteiger partial charge in [-0.25, -0.2) is 0 Å². The maximum absolute atomic E-state index is 6.41. The summed E-state index contributed by atoms with van der Waals surface area (Å²) >= 11 is 0. The first-order valence-corrected chi connectivity index (χ1v) is 8.75. The van der Waals surface area contributed by atoms with Gasteiger partial charge >= 0.3 is 0 Å². The van der Waals surface area contributed by atoms with Gasteiger partial charge in [0.25, 0.3) is 0 Å². The molecule has 1 heteroatoms. The Morgan fingerprint density at radius 3 is 2.63 bits per heavy atom. The van der Waals surface area contributed by atoms with Crippen LogP contribution in [0.1, 0.15) is 71.6 Å². The van der Waals surface area contributed by atoms with Crippen LogP contribution in [0.5, 0.6) is 0 Å². The minimum absolute atomic E-state index is 0.519. The molecular weight excluding hydrogens is 232 g/mol. The predicted molar refractivity (Wildman–Crippen MR) is 78.0 cm³/mol. The van der Waals surface area contributed by atoms with Crippen molar-refractivity contribution in [2.45, 2.75) is 77.7 Å². The van der Waals surface area contributed by atoms with Crippen molar-refractivity contribution in [3.63, 3.8) is 0 Å². The molecule has 0 aromatic rings. The molecule has 1 unspecified atom stereocenters. The van der Waals surface area contributed by atoms with Crippen molar-refractivity contribution in [2.24, 2.45) is 28.6 Å². The average Bonchev–Trinajstić information content (AvgIpc) is 2.79. The van der Waals surface area contributed by atoms with E-state index in [9.17, 15) is 0 Å². The van der Waals surface area contributed by atoms with Crippen LogP contribution in [0.4, 0.5) is 0 Å². The van der Waals surface area contributed by atoms with Crippen LogP contribution in [-0.4, -0.2) is 12.7 Å². The van der Waals surface area contributed by atoms with Crippen LogP contribution in [0.2, 0.25) is 0 Å². The minimum atomic E-state index is 0.519. The van der Waals surface area contributed by atoms with E-state index in [1.807, 2.05) is 0 Å². The Bertz CT molecular complexity index is 365. The molecule has 1 aliphatic heterocycles. The van der Waals surface area contributed by atoms with Crippen molar-refractivity contribution in [1.82, 2.24) is 0 Å². The molecule has 4 fully saturated rings. The molecule has 0 aromatic carbocycles. The smallest absolute Gasteiger partial charge is 0.0631 e. The van der Waals surface area contributed by atoms with E-state index in [-0.39, 0.29) is 0 Å². The number of hydrogen-bond donors (Lipinski definition) is 0. The van der Waals surface area contributed by atoms with E-state index in [1.165, 1.54) is 57.8 Å². The molecular formula is C18H30O. The van der Waals surface area contributed by atoms with Crippen LogP contribution in [0.25, 0.3) is 0 Å². The summed E-state index contributed by atoms with van der Waals surface area (Å²) in [5.41, 5.74) is 1.19. The van der Waals surface area contributed by atoms with Gasteiger partial charge in [-0.1, -0.05) is 33.1 Å². The van der Waals surface area contributed by atoms with Crippen LogP contribution >= 0.6 is 0 Å². The van der Waals surface area contributed by atoms with E-state index < -0.39 is 0 Å². The van der Waals surface area contributed by atoms with Crippen molar-refractivity contribution >= 4 is 0 Å². The Morgan fingerprint density at radius 2 is 1.74 bits per heavy atom. The van der Waals surface area contributed by atoms with Crippen molar-refractivity contribution in [1.29, 1.82) is 0 Å². The van der Waals surface area contributed by atoms with Crippen LogP contribution in [0, 0.1) is 28.6 Å². The lowest BCUT2D eigenvalue weighted by Crippen LogP contribution is -2.56. The summed E-state index contributed by atoms with van der Waals surface area (Å²) in [6.45, 7) is 6.24. The lowest BCUT2D eigenvalue weighted by atomic mass is 9.50. The maximum atomic E-state index is 6.41. The molecule has 0 N–H and O–H groups in total. The highest BCUT2D eigenvalue weighted by atomic mass is 16.5. The minimum Gasteiger partial charge on any atom is -0.377 e. The molecule has 0 amide bonds. The fourth-order valence-corrected chi connectivity index (χ4v) is 6.58. The first-order valence-electron chi connectivity index (χ1n) is 8.75. The summed E-state index contributed by atoms with van der Waals surface area (Å²) in [5, 5.41) is 0. The van der Waals surface area contributed by atoms with Gasteiger partial charge in [-0.2, -0.15) is 0 Å². The molecule has 3 saturated carbocycles. The Labute approximate surface area is 118 Å². The fraction of sp³-hybridized carbons (Fsp3) is 1.00. The largest absolute Gasteiger partial charge is 0.377 e. The second kappa shape index (κ2) is 4.23. The zero-order valence-corrected chi connectivity index (χ0v) is 12.8. The van der Waals surface area contributed by atoms with Gasteiger partial charge in [0.15, 0.2) is 0 Å². The highest BCUT2D eigenvalue weighted by Crippen LogP contribution is 2.63. The molecule has 1 nitrogen and oxygen atoms in total. The summed E-state index contributed by atoms with van der Waals surface area (Å²) < 4.78 is 6.41. The second-order valence-electron chi connectivity index (χ2n) is 8.54. The van der Waals surface area contributed by atoms with Crippen molar-refractivity contribution in [3.8, 4) is 0 Å². The molecule has 0 bridgehead atoms. The van der Waals surface area contributed by atoms with Gasteiger partial charge in [0, 0.05) is 0 Å². The van der Waals surface area contributed by atoms with Crippen molar-refractivity contribution in [3.05, 3.63) is 0 Å². The Balaban J connectivity index is 1.64. The molecule has 4 rings (SSSR count). The Hall–Kier alpha value is -0.0400. The van der Waals surface area contributed by atoms with Gasteiger partial charge in [-0.05, 0) is 67.1 Å². The first-order chi connectivity index (χ1) is 9.13. The van der Waals surface area contributed by atoms with Gasteiger partial charge in [0.1, 0.15) is 0 Å². The van der Waals surface area contributed by atoms with Crippen molar-refractivity contribution < 1.29 is 4.74 Å².